The normalized spacial score (nSPS) is 23.6. The molecule has 0 amide bonds. The highest BCUT2D eigenvalue weighted by molar-refractivity contribution is 8.25. The van der Waals surface area contributed by atoms with Crippen LogP contribution in [0, 0.1) is 0 Å². The summed E-state index contributed by atoms with van der Waals surface area (Å²) in [5, 5.41) is 0.153. The third-order valence-corrected chi connectivity index (χ3v) is 5.90. The molecule has 1 saturated heterocycles. The smallest absolute Gasteiger partial charge is 0.215 e. The SMILES string of the molecule is C=C(C)C(=O)SC1CSCCCS1. The molecule has 1 aliphatic rings. The van der Waals surface area contributed by atoms with Crippen LogP contribution in [0.4, 0.5) is 0 Å². The van der Waals surface area contributed by atoms with Gasteiger partial charge in [0.2, 0.25) is 5.12 Å². The van der Waals surface area contributed by atoms with E-state index in [9.17, 15) is 4.79 Å². The van der Waals surface area contributed by atoms with Crippen molar-refractivity contribution in [1.82, 2.24) is 0 Å². The maximum absolute atomic E-state index is 11.4. The topological polar surface area (TPSA) is 17.1 Å². The minimum Gasteiger partial charge on any atom is -0.282 e. The number of hydrogen-bond donors (Lipinski definition) is 0. The molecule has 0 spiro atoms. The Kier molecular flexibility index (Phi) is 5.36. The Hall–Kier alpha value is 0.460. The fourth-order valence-corrected chi connectivity index (χ4v) is 4.85. The van der Waals surface area contributed by atoms with E-state index in [1.54, 1.807) is 6.92 Å². The Bertz CT molecular complexity index is 195. The lowest BCUT2D eigenvalue weighted by atomic mass is 10.4. The molecule has 0 saturated carbocycles. The first-order valence-electron chi connectivity index (χ1n) is 4.26. The zero-order valence-electron chi connectivity index (χ0n) is 7.75. The van der Waals surface area contributed by atoms with Crippen LogP contribution in [0.5, 0.6) is 0 Å². The van der Waals surface area contributed by atoms with E-state index in [0.717, 1.165) is 5.75 Å². The lowest BCUT2D eigenvalue weighted by Crippen LogP contribution is -2.05. The molecule has 4 heteroatoms. The van der Waals surface area contributed by atoms with Gasteiger partial charge in [0, 0.05) is 5.75 Å². The molecular formula is C9H14OS3. The number of carbonyl (C=O) groups is 1. The van der Waals surface area contributed by atoms with Crippen molar-refractivity contribution in [3.05, 3.63) is 12.2 Å². The van der Waals surface area contributed by atoms with Crippen molar-refractivity contribution in [1.29, 1.82) is 0 Å². The molecule has 1 rings (SSSR count). The van der Waals surface area contributed by atoms with Crippen LogP contribution in [-0.2, 0) is 4.79 Å². The molecule has 1 aliphatic heterocycles. The van der Waals surface area contributed by atoms with Crippen LogP contribution < -0.4 is 0 Å². The van der Waals surface area contributed by atoms with Gasteiger partial charge in [0.15, 0.2) is 0 Å². The molecule has 0 radical (unpaired) electrons. The fourth-order valence-electron chi connectivity index (χ4n) is 0.891. The molecule has 0 aromatic rings. The van der Waals surface area contributed by atoms with Crippen molar-refractivity contribution in [2.75, 3.05) is 17.3 Å². The van der Waals surface area contributed by atoms with E-state index in [1.807, 2.05) is 23.5 Å². The Balaban J connectivity index is 2.33. The monoisotopic (exact) mass is 234 g/mol. The zero-order chi connectivity index (χ0) is 9.68. The number of hydrogen-bond acceptors (Lipinski definition) is 4. The third kappa shape index (κ3) is 4.47. The molecule has 74 valence electrons. The number of rotatable bonds is 2. The molecule has 1 atom stereocenters. The van der Waals surface area contributed by atoms with Gasteiger partial charge in [-0.3, -0.25) is 4.79 Å². The van der Waals surface area contributed by atoms with E-state index < -0.39 is 0 Å². The van der Waals surface area contributed by atoms with Gasteiger partial charge >= 0.3 is 0 Å². The highest BCUT2D eigenvalue weighted by Crippen LogP contribution is 2.32. The predicted octanol–water partition coefficient (Wildman–Crippen LogP) is 3.02. The van der Waals surface area contributed by atoms with E-state index in [-0.39, 0.29) is 5.12 Å². The van der Waals surface area contributed by atoms with Gasteiger partial charge in [0.25, 0.3) is 0 Å². The molecular weight excluding hydrogens is 220 g/mol. The summed E-state index contributed by atoms with van der Waals surface area (Å²) in [6.07, 6.45) is 1.27. The van der Waals surface area contributed by atoms with Crippen molar-refractivity contribution in [3.63, 3.8) is 0 Å². The van der Waals surface area contributed by atoms with Crippen LogP contribution in [0.1, 0.15) is 13.3 Å². The summed E-state index contributed by atoms with van der Waals surface area (Å²) in [7, 11) is 0. The van der Waals surface area contributed by atoms with Crippen LogP contribution in [0.15, 0.2) is 12.2 Å². The molecule has 1 unspecified atom stereocenters. The summed E-state index contributed by atoms with van der Waals surface area (Å²) in [6.45, 7) is 5.44. The maximum Gasteiger partial charge on any atom is 0.215 e. The van der Waals surface area contributed by atoms with Crippen molar-refractivity contribution >= 4 is 40.4 Å². The second-order valence-electron chi connectivity index (χ2n) is 2.91. The summed E-state index contributed by atoms with van der Waals surface area (Å²) in [5.41, 5.74) is 0.667. The predicted molar refractivity (Wildman–Crippen MR) is 65.6 cm³/mol. The fraction of sp³-hybridized carbons (Fsp3) is 0.667. The molecule has 13 heavy (non-hydrogen) atoms. The van der Waals surface area contributed by atoms with Gasteiger partial charge in [0.1, 0.15) is 0 Å². The minimum atomic E-state index is 0.153. The average Bonchev–Trinajstić information content (AvgIpc) is 2.32. The third-order valence-electron chi connectivity index (χ3n) is 1.58. The number of thioether (sulfide) groups is 3. The highest BCUT2D eigenvalue weighted by atomic mass is 32.2. The van der Waals surface area contributed by atoms with E-state index in [0.29, 0.717) is 10.2 Å². The van der Waals surface area contributed by atoms with Gasteiger partial charge in [-0.25, -0.2) is 0 Å². The Morgan fingerprint density at radius 3 is 3.00 bits per heavy atom. The van der Waals surface area contributed by atoms with Gasteiger partial charge in [-0.1, -0.05) is 18.3 Å². The molecule has 1 nitrogen and oxygen atoms in total. The van der Waals surface area contributed by atoms with Gasteiger partial charge in [-0.05, 0) is 30.4 Å². The van der Waals surface area contributed by atoms with Crippen molar-refractivity contribution in [2.24, 2.45) is 0 Å². The summed E-state index contributed by atoms with van der Waals surface area (Å²) in [4.78, 5) is 11.4. The van der Waals surface area contributed by atoms with Crippen molar-refractivity contribution in [3.8, 4) is 0 Å². The largest absolute Gasteiger partial charge is 0.282 e. The standard InChI is InChI=1S/C9H14OS3/c1-7(2)9(10)13-8-6-11-4-3-5-12-8/h8H,1,3-6H2,2H3. The quantitative estimate of drug-likeness (QED) is 0.683. The van der Waals surface area contributed by atoms with Gasteiger partial charge in [0.05, 0.1) is 4.58 Å². The Labute approximate surface area is 92.5 Å². The summed E-state index contributed by atoms with van der Waals surface area (Å²) >= 11 is 5.31. The molecule has 1 heterocycles. The van der Waals surface area contributed by atoms with Gasteiger partial charge in [-0.2, -0.15) is 11.8 Å². The lowest BCUT2D eigenvalue weighted by Gasteiger charge is -2.10. The van der Waals surface area contributed by atoms with Crippen LogP contribution >= 0.6 is 35.3 Å². The van der Waals surface area contributed by atoms with Gasteiger partial charge in [-0.15, -0.1) is 11.8 Å². The van der Waals surface area contributed by atoms with Crippen LogP contribution in [-0.4, -0.2) is 27.0 Å². The number of carbonyl (C=O) groups excluding carboxylic acids is 1. The van der Waals surface area contributed by atoms with Gasteiger partial charge < -0.3 is 0 Å². The Morgan fingerprint density at radius 2 is 2.31 bits per heavy atom. The maximum atomic E-state index is 11.4. The van der Waals surface area contributed by atoms with Crippen molar-refractivity contribution < 1.29 is 4.79 Å². The summed E-state index contributed by atoms with van der Waals surface area (Å²) in [5.74, 6) is 3.52. The molecule has 0 aromatic carbocycles. The minimum absolute atomic E-state index is 0.153. The van der Waals surface area contributed by atoms with Crippen LogP contribution in [0.25, 0.3) is 0 Å². The van der Waals surface area contributed by atoms with Crippen LogP contribution in [0.2, 0.25) is 0 Å². The lowest BCUT2D eigenvalue weighted by molar-refractivity contribution is -0.107. The van der Waals surface area contributed by atoms with E-state index in [2.05, 4.69) is 6.58 Å². The van der Waals surface area contributed by atoms with E-state index in [1.165, 1.54) is 29.7 Å². The molecule has 0 aromatic heterocycles. The molecule has 0 N–H and O–H groups in total. The molecule has 0 aliphatic carbocycles. The first kappa shape index (κ1) is 11.5. The second kappa shape index (κ2) is 6.04. The molecule has 1 fully saturated rings. The zero-order valence-corrected chi connectivity index (χ0v) is 10.2. The first-order valence-corrected chi connectivity index (χ1v) is 7.34. The summed E-state index contributed by atoms with van der Waals surface area (Å²) < 4.78 is 0.441. The highest BCUT2D eigenvalue weighted by Gasteiger charge is 2.17. The average molecular weight is 234 g/mol. The second-order valence-corrected chi connectivity index (χ2v) is 6.85. The van der Waals surface area contributed by atoms with E-state index in [4.69, 9.17) is 0 Å². The van der Waals surface area contributed by atoms with E-state index >= 15 is 0 Å². The first-order chi connectivity index (χ1) is 6.20. The molecule has 0 bridgehead atoms. The van der Waals surface area contributed by atoms with Crippen LogP contribution in [0.3, 0.4) is 0 Å². The Morgan fingerprint density at radius 1 is 1.54 bits per heavy atom. The van der Waals surface area contributed by atoms with Crippen molar-refractivity contribution in [2.45, 2.75) is 17.9 Å². The summed E-state index contributed by atoms with van der Waals surface area (Å²) in [6, 6.07) is 0.